The van der Waals surface area contributed by atoms with Crippen molar-refractivity contribution >= 4 is 0 Å². The second kappa shape index (κ2) is 5.27. The first kappa shape index (κ1) is 13.4. The van der Waals surface area contributed by atoms with Gasteiger partial charge < -0.3 is 10.5 Å². The molecule has 2 heteroatoms. The van der Waals surface area contributed by atoms with Crippen molar-refractivity contribution in [2.45, 2.75) is 84.0 Å². The molecule has 0 radical (unpaired) electrons. The van der Waals surface area contributed by atoms with Gasteiger partial charge >= 0.3 is 0 Å². The van der Waals surface area contributed by atoms with E-state index in [1.165, 1.54) is 32.1 Å². The number of hydrogen-bond donors (Lipinski definition) is 1. The zero-order valence-corrected chi connectivity index (χ0v) is 11.7. The second-order valence-electron chi connectivity index (χ2n) is 7.21. The van der Waals surface area contributed by atoms with Gasteiger partial charge in [0, 0.05) is 6.04 Å². The molecule has 2 unspecified atom stereocenters. The van der Waals surface area contributed by atoms with Gasteiger partial charge in [-0.25, -0.2) is 0 Å². The molecule has 0 aromatic carbocycles. The van der Waals surface area contributed by atoms with Crippen LogP contribution in [0.4, 0.5) is 0 Å². The lowest BCUT2D eigenvalue weighted by Gasteiger charge is -2.41. The van der Waals surface area contributed by atoms with E-state index in [2.05, 4.69) is 20.8 Å². The SMILES string of the molecule is CC1CC(OC2CCC(N)CC2)CC(C)(C)C1. The fraction of sp³-hybridized carbons (Fsp3) is 1.00. The first-order valence-corrected chi connectivity index (χ1v) is 7.36. The molecular formula is C15H29NO. The highest BCUT2D eigenvalue weighted by Gasteiger charge is 2.34. The third-order valence-electron chi connectivity index (χ3n) is 4.45. The molecule has 0 bridgehead atoms. The van der Waals surface area contributed by atoms with Crippen molar-refractivity contribution in [1.29, 1.82) is 0 Å². The Balaban J connectivity index is 1.82. The number of ether oxygens (including phenoxy) is 1. The van der Waals surface area contributed by atoms with Crippen LogP contribution in [0.5, 0.6) is 0 Å². The maximum absolute atomic E-state index is 6.33. The molecule has 2 aliphatic carbocycles. The summed E-state index contributed by atoms with van der Waals surface area (Å²) in [7, 11) is 0. The van der Waals surface area contributed by atoms with Crippen LogP contribution in [0.15, 0.2) is 0 Å². The Morgan fingerprint density at radius 2 is 1.65 bits per heavy atom. The summed E-state index contributed by atoms with van der Waals surface area (Å²) in [6.45, 7) is 7.14. The number of hydrogen-bond acceptors (Lipinski definition) is 2. The summed E-state index contributed by atoms with van der Waals surface area (Å²) in [5.41, 5.74) is 6.41. The molecule has 2 atom stereocenters. The maximum Gasteiger partial charge on any atom is 0.0586 e. The van der Waals surface area contributed by atoms with Gasteiger partial charge in [0.2, 0.25) is 0 Å². The summed E-state index contributed by atoms with van der Waals surface area (Å²) in [6, 6.07) is 0.427. The minimum atomic E-state index is 0.427. The monoisotopic (exact) mass is 239 g/mol. The first-order chi connectivity index (χ1) is 7.94. The Morgan fingerprint density at radius 3 is 2.24 bits per heavy atom. The predicted octanol–water partition coefficient (Wildman–Crippen LogP) is 3.49. The molecule has 0 heterocycles. The van der Waals surface area contributed by atoms with Crippen LogP contribution >= 0.6 is 0 Å². The van der Waals surface area contributed by atoms with Gasteiger partial charge in [-0.3, -0.25) is 0 Å². The molecule has 2 N–H and O–H groups in total. The lowest BCUT2D eigenvalue weighted by atomic mass is 9.71. The van der Waals surface area contributed by atoms with Crippen molar-refractivity contribution < 1.29 is 4.74 Å². The van der Waals surface area contributed by atoms with Crippen LogP contribution in [0.25, 0.3) is 0 Å². The molecule has 2 fully saturated rings. The van der Waals surface area contributed by atoms with Gasteiger partial charge in [0.1, 0.15) is 0 Å². The zero-order chi connectivity index (χ0) is 12.5. The smallest absolute Gasteiger partial charge is 0.0586 e. The van der Waals surface area contributed by atoms with E-state index in [1.807, 2.05) is 0 Å². The molecule has 2 saturated carbocycles. The molecule has 0 aromatic heterocycles. The number of nitrogens with two attached hydrogens (primary N) is 1. The van der Waals surface area contributed by atoms with Gasteiger partial charge in [0.15, 0.2) is 0 Å². The van der Waals surface area contributed by atoms with Crippen LogP contribution in [-0.4, -0.2) is 18.2 Å². The van der Waals surface area contributed by atoms with Crippen LogP contribution in [0, 0.1) is 11.3 Å². The van der Waals surface area contributed by atoms with Gasteiger partial charge in [-0.15, -0.1) is 0 Å². The van der Waals surface area contributed by atoms with Crippen molar-refractivity contribution in [3.8, 4) is 0 Å². The van der Waals surface area contributed by atoms with Gasteiger partial charge in [-0.1, -0.05) is 20.8 Å². The van der Waals surface area contributed by atoms with Crippen molar-refractivity contribution in [2.24, 2.45) is 17.1 Å². The van der Waals surface area contributed by atoms with Crippen molar-refractivity contribution in [3.05, 3.63) is 0 Å². The summed E-state index contributed by atoms with van der Waals surface area (Å²) in [6.07, 6.45) is 9.47. The molecule has 100 valence electrons. The summed E-state index contributed by atoms with van der Waals surface area (Å²) in [4.78, 5) is 0. The van der Waals surface area contributed by atoms with Crippen molar-refractivity contribution in [2.75, 3.05) is 0 Å². The highest BCUT2D eigenvalue weighted by molar-refractivity contribution is 4.85. The Kier molecular flexibility index (Phi) is 4.14. The van der Waals surface area contributed by atoms with E-state index in [-0.39, 0.29) is 0 Å². The summed E-state index contributed by atoms with van der Waals surface area (Å²) in [5.74, 6) is 0.814. The van der Waals surface area contributed by atoms with E-state index in [9.17, 15) is 0 Å². The van der Waals surface area contributed by atoms with E-state index >= 15 is 0 Å². The van der Waals surface area contributed by atoms with E-state index in [0.29, 0.717) is 23.7 Å². The quantitative estimate of drug-likeness (QED) is 0.800. The summed E-state index contributed by atoms with van der Waals surface area (Å²) < 4.78 is 6.33. The zero-order valence-electron chi connectivity index (χ0n) is 11.7. The lowest BCUT2D eigenvalue weighted by molar-refractivity contribution is -0.0775. The molecular weight excluding hydrogens is 210 g/mol. The molecule has 0 spiro atoms. The van der Waals surface area contributed by atoms with Crippen molar-refractivity contribution in [3.63, 3.8) is 0 Å². The van der Waals surface area contributed by atoms with Crippen LogP contribution in [0.1, 0.15) is 65.7 Å². The Morgan fingerprint density at radius 1 is 1.00 bits per heavy atom. The topological polar surface area (TPSA) is 35.2 Å². The summed E-state index contributed by atoms with van der Waals surface area (Å²) >= 11 is 0. The largest absolute Gasteiger partial charge is 0.375 e. The highest BCUT2D eigenvalue weighted by atomic mass is 16.5. The van der Waals surface area contributed by atoms with Gasteiger partial charge in [0.05, 0.1) is 12.2 Å². The van der Waals surface area contributed by atoms with Gasteiger partial charge in [-0.2, -0.15) is 0 Å². The molecule has 0 aliphatic heterocycles. The maximum atomic E-state index is 6.33. The van der Waals surface area contributed by atoms with Crippen LogP contribution in [0.2, 0.25) is 0 Å². The van der Waals surface area contributed by atoms with Gasteiger partial charge in [-0.05, 0) is 56.3 Å². The van der Waals surface area contributed by atoms with Gasteiger partial charge in [0.25, 0.3) is 0 Å². The van der Waals surface area contributed by atoms with Crippen molar-refractivity contribution in [1.82, 2.24) is 0 Å². The second-order valence-corrected chi connectivity index (χ2v) is 7.21. The molecule has 17 heavy (non-hydrogen) atoms. The third-order valence-corrected chi connectivity index (χ3v) is 4.45. The lowest BCUT2D eigenvalue weighted by Crippen LogP contribution is -2.37. The minimum absolute atomic E-state index is 0.427. The molecule has 2 nitrogen and oxygen atoms in total. The van der Waals surface area contributed by atoms with E-state index in [0.717, 1.165) is 18.8 Å². The van der Waals surface area contributed by atoms with Crippen LogP contribution < -0.4 is 5.73 Å². The highest BCUT2D eigenvalue weighted by Crippen LogP contribution is 2.40. The molecule has 0 aromatic rings. The molecule has 0 saturated heterocycles. The Hall–Kier alpha value is -0.0800. The first-order valence-electron chi connectivity index (χ1n) is 7.36. The summed E-state index contributed by atoms with van der Waals surface area (Å²) in [5, 5.41) is 0. The Bertz CT molecular complexity index is 243. The van der Waals surface area contributed by atoms with Crippen LogP contribution in [0.3, 0.4) is 0 Å². The molecule has 2 rings (SSSR count). The van der Waals surface area contributed by atoms with E-state index in [1.54, 1.807) is 0 Å². The fourth-order valence-corrected chi connectivity index (χ4v) is 3.86. The minimum Gasteiger partial charge on any atom is -0.375 e. The average molecular weight is 239 g/mol. The van der Waals surface area contributed by atoms with Crippen LogP contribution in [-0.2, 0) is 4.74 Å². The average Bonchev–Trinajstić information content (AvgIpc) is 2.18. The normalized spacial score (nSPS) is 42.4. The Labute approximate surface area is 106 Å². The van der Waals surface area contributed by atoms with E-state index in [4.69, 9.17) is 10.5 Å². The number of rotatable bonds is 2. The third kappa shape index (κ3) is 3.96. The van der Waals surface area contributed by atoms with E-state index < -0.39 is 0 Å². The standard InChI is InChI=1S/C15H29NO/c1-11-8-14(10-15(2,3)9-11)17-13-6-4-12(16)5-7-13/h11-14H,4-10,16H2,1-3H3. The predicted molar refractivity (Wildman–Crippen MR) is 71.9 cm³/mol. The fourth-order valence-electron chi connectivity index (χ4n) is 3.86. The molecule has 0 amide bonds. The molecule has 2 aliphatic rings.